The minimum absolute atomic E-state index is 0.217. The van der Waals surface area contributed by atoms with Crippen LogP contribution in [0.15, 0.2) is 42.6 Å². The first-order valence-electron chi connectivity index (χ1n) is 8.78. The van der Waals surface area contributed by atoms with Gasteiger partial charge in [-0.25, -0.2) is 0 Å². The summed E-state index contributed by atoms with van der Waals surface area (Å²) in [5, 5.41) is 1.57. The molecule has 142 valence electrons. The van der Waals surface area contributed by atoms with Crippen molar-refractivity contribution in [2.75, 3.05) is 11.5 Å². The topological polar surface area (TPSA) is 99.3 Å². The zero-order chi connectivity index (χ0) is 19.2. The highest BCUT2D eigenvalue weighted by Crippen LogP contribution is 2.49. The Labute approximate surface area is 163 Å². The molecule has 1 aromatic heterocycles. The highest BCUT2D eigenvalue weighted by Gasteiger charge is 2.27. The van der Waals surface area contributed by atoms with Crippen molar-refractivity contribution in [1.29, 1.82) is 0 Å². The summed E-state index contributed by atoms with van der Waals surface area (Å²) >= 11 is 6.13. The van der Waals surface area contributed by atoms with Crippen LogP contribution >= 0.6 is 22.2 Å². The van der Waals surface area contributed by atoms with E-state index in [1.165, 1.54) is 0 Å². The average Bonchev–Trinajstić information content (AvgIpc) is 3.04. The third kappa shape index (κ3) is 3.58. The minimum atomic E-state index is -2.44. The van der Waals surface area contributed by atoms with E-state index in [9.17, 15) is 13.9 Å². The van der Waals surface area contributed by atoms with E-state index in [1.807, 2.05) is 30.5 Å². The molecule has 3 aromatic rings. The largest absolute Gasteiger partial charge is 0.366 e. The van der Waals surface area contributed by atoms with Crippen molar-refractivity contribution in [3.8, 4) is 11.1 Å². The van der Waals surface area contributed by atoms with Crippen molar-refractivity contribution in [3.63, 3.8) is 0 Å². The Morgan fingerprint density at radius 3 is 2.56 bits per heavy atom. The van der Waals surface area contributed by atoms with E-state index < -0.39 is 16.5 Å². The fourth-order valence-corrected chi connectivity index (χ4v) is 5.56. The Bertz CT molecular complexity index is 1020. The first-order valence-corrected chi connectivity index (χ1v) is 11.0. The summed E-state index contributed by atoms with van der Waals surface area (Å²) in [7, 11) is -2.44. The monoisotopic (exact) mass is 404 g/mol. The molecular weight excluding hydrogens is 384 g/mol. The highest BCUT2D eigenvalue weighted by atomic mass is 35.5. The number of amides is 1. The van der Waals surface area contributed by atoms with E-state index in [0.29, 0.717) is 34.9 Å². The lowest BCUT2D eigenvalue weighted by Crippen LogP contribution is -2.19. The van der Waals surface area contributed by atoms with Gasteiger partial charge in [0.05, 0.1) is 11.1 Å². The average molecular weight is 405 g/mol. The molecule has 0 radical (unpaired) electrons. The standard InChI is InChI=1S/C20H21ClN2O3S/c21-15-3-1-2-13(8-15)14-9-16-18(12-4-6-27(25,26)7-5-12)11-23-19(16)17(10-14)20(22)24/h1-3,8-12,23,25-26H,4-7H2,(H2,22,24). The molecule has 0 unspecified atom stereocenters. The highest BCUT2D eigenvalue weighted by molar-refractivity contribution is 8.24. The Morgan fingerprint density at radius 1 is 1.15 bits per heavy atom. The van der Waals surface area contributed by atoms with Gasteiger partial charge < -0.3 is 10.7 Å². The molecule has 1 saturated heterocycles. The van der Waals surface area contributed by atoms with Crippen LogP contribution in [0, 0.1) is 0 Å². The van der Waals surface area contributed by atoms with Crippen LogP contribution in [-0.4, -0.2) is 31.5 Å². The Kier molecular flexibility index (Phi) is 4.68. The van der Waals surface area contributed by atoms with Gasteiger partial charge in [-0.3, -0.25) is 13.9 Å². The first kappa shape index (κ1) is 18.4. The number of nitrogens with one attached hydrogen (secondary N) is 1. The molecule has 1 aliphatic heterocycles. The molecule has 2 aromatic carbocycles. The molecule has 0 bridgehead atoms. The maximum atomic E-state index is 12.0. The van der Waals surface area contributed by atoms with Gasteiger partial charge in [-0.1, -0.05) is 23.7 Å². The lowest BCUT2D eigenvalue weighted by Gasteiger charge is -2.39. The van der Waals surface area contributed by atoms with Gasteiger partial charge in [0.15, 0.2) is 0 Å². The van der Waals surface area contributed by atoms with Crippen LogP contribution in [0.1, 0.15) is 34.7 Å². The summed E-state index contributed by atoms with van der Waals surface area (Å²) in [6, 6.07) is 11.3. The Balaban J connectivity index is 1.84. The number of aromatic amines is 1. The number of hydrogen-bond acceptors (Lipinski definition) is 3. The normalized spacial score (nSPS) is 18.5. The minimum Gasteiger partial charge on any atom is -0.366 e. The number of primary amides is 1. The lowest BCUT2D eigenvalue weighted by atomic mass is 9.91. The Morgan fingerprint density at radius 2 is 1.89 bits per heavy atom. The molecule has 5 N–H and O–H groups in total. The van der Waals surface area contributed by atoms with E-state index in [4.69, 9.17) is 17.3 Å². The molecule has 4 rings (SSSR count). The van der Waals surface area contributed by atoms with Gasteiger partial charge in [0.2, 0.25) is 0 Å². The second-order valence-corrected chi connectivity index (χ2v) is 9.91. The summed E-state index contributed by atoms with van der Waals surface area (Å²) in [4.78, 5) is 15.3. The fourth-order valence-electron chi connectivity index (χ4n) is 3.84. The third-order valence-corrected chi connectivity index (χ3v) is 7.29. The second kappa shape index (κ2) is 6.87. The van der Waals surface area contributed by atoms with Crippen molar-refractivity contribution >= 4 is 39.0 Å². The van der Waals surface area contributed by atoms with E-state index in [1.54, 1.807) is 12.1 Å². The zero-order valence-corrected chi connectivity index (χ0v) is 16.2. The summed E-state index contributed by atoms with van der Waals surface area (Å²) in [6.07, 6.45) is 3.34. The number of H-pyrrole nitrogens is 1. The molecule has 0 atom stereocenters. The molecular formula is C20H21ClN2O3S. The summed E-state index contributed by atoms with van der Waals surface area (Å²) in [6.45, 7) is 0. The predicted molar refractivity (Wildman–Crippen MR) is 112 cm³/mol. The molecule has 0 spiro atoms. The SMILES string of the molecule is NC(=O)c1cc(-c2cccc(Cl)c2)cc2c(C3CCS(O)(O)CC3)c[nH]c12. The van der Waals surface area contributed by atoms with E-state index in [-0.39, 0.29) is 5.92 Å². The van der Waals surface area contributed by atoms with Gasteiger partial charge in [-0.15, -0.1) is 0 Å². The number of benzene rings is 2. The number of halogens is 1. The van der Waals surface area contributed by atoms with E-state index >= 15 is 0 Å². The van der Waals surface area contributed by atoms with E-state index in [0.717, 1.165) is 27.6 Å². The Hall–Kier alpha value is -1.99. The van der Waals surface area contributed by atoms with Crippen molar-refractivity contribution in [2.24, 2.45) is 5.73 Å². The van der Waals surface area contributed by atoms with Crippen LogP contribution in [-0.2, 0) is 0 Å². The summed E-state index contributed by atoms with van der Waals surface area (Å²) in [5.74, 6) is 0.561. The van der Waals surface area contributed by atoms with Crippen molar-refractivity contribution < 1.29 is 13.9 Å². The number of hydrogen-bond donors (Lipinski definition) is 4. The van der Waals surface area contributed by atoms with Crippen LogP contribution in [0.3, 0.4) is 0 Å². The molecule has 2 heterocycles. The van der Waals surface area contributed by atoms with Crippen molar-refractivity contribution in [2.45, 2.75) is 18.8 Å². The number of carbonyl (C=O) groups excluding carboxylic acids is 1. The van der Waals surface area contributed by atoms with Crippen LogP contribution in [0.4, 0.5) is 0 Å². The lowest BCUT2D eigenvalue weighted by molar-refractivity contribution is 0.100. The van der Waals surface area contributed by atoms with Gasteiger partial charge in [-0.2, -0.15) is 10.6 Å². The molecule has 1 aliphatic rings. The van der Waals surface area contributed by atoms with Gasteiger partial charge in [0, 0.05) is 28.1 Å². The third-order valence-electron chi connectivity index (χ3n) is 5.27. The molecule has 7 heteroatoms. The zero-order valence-electron chi connectivity index (χ0n) is 14.6. The first-order chi connectivity index (χ1) is 12.8. The molecule has 0 aliphatic carbocycles. The molecule has 27 heavy (non-hydrogen) atoms. The van der Waals surface area contributed by atoms with Crippen molar-refractivity contribution in [1.82, 2.24) is 4.98 Å². The van der Waals surface area contributed by atoms with Crippen LogP contribution in [0.25, 0.3) is 22.0 Å². The molecule has 1 amide bonds. The van der Waals surface area contributed by atoms with Gasteiger partial charge in [0.1, 0.15) is 0 Å². The van der Waals surface area contributed by atoms with Gasteiger partial charge in [0.25, 0.3) is 5.91 Å². The second-order valence-electron chi connectivity index (χ2n) is 7.05. The molecule has 1 fully saturated rings. The summed E-state index contributed by atoms with van der Waals surface area (Å²) < 4.78 is 19.8. The quantitative estimate of drug-likeness (QED) is 0.481. The van der Waals surface area contributed by atoms with E-state index in [2.05, 4.69) is 4.98 Å². The van der Waals surface area contributed by atoms with Crippen molar-refractivity contribution in [3.05, 3.63) is 58.7 Å². The fraction of sp³-hybridized carbons (Fsp3) is 0.250. The molecule has 5 nitrogen and oxygen atoms in total. The number of nitrogens with two attached hydrogens (primary N) is 1. The summed E-state index contributed by atoms with van der Waals surface area (Å²) in [5.41, 5.74) is 9.67. The number of fused-ring (bicyclic) bond motifs is 1. The number of carbonyl (C=O) groups is 1. The number of rotatable bonds is 3. The smallest absolute Gasteiger partial charge is 0.250 e. The van der Waals surface area contributed by atoms with Gasteiger partial charge in [-0.05, 0) is 59.7 Å². The molecule has 0 saturated carbocycles. The van der Waals surface area contributed by atoms with Crippen LogP contribution in [0.5, 0.6) is 0 Å². The number of aromatic nitrogens is 1. The van der Waals surface area contributed by atoms with Crippen LogP contribution < -0.4 is 5.73 Å². The van der Waals surface area contributed by atoms with Gasteiger partial charge >= 0.3 is 0 Å². The predicted octanol–water partition coefficient (Wildman–Crippen LogP) is 5.22. The maximum Gasteiger partial charge on any atom is 0.250 e. The maximum absolute atomic E-state index is 12.0. The van der Waals surface area contributed by atoms with Crippen LogP contribution in [0.2, 0.25) is 5.02 Å².